The van der Waals surface area contributed by atoms with E-state index in [1.54, 1.807) is 11.8 Å². The molecule has 0 aliphatic carbocycles. The topological polar surface area (TPSA) is 49.8 Å². The molecule has 2 heterocycles. The van der Waals surface area contributed by atoms with Crippen LogP contribution in [0, 0.1) is 5.41 Å². The number of aliphatic hydroxyl groups is 1. The second kappa shape index (κ2) is 8.48. The van der Waals surface area contributed by atoms with Gasteiger partial charge in [-0.3, -0.25) is 4.79 Å². The van der Waals surface area contributed by atoms with Crippen LogP contribution in [-0.4, -0.2) is 48.3 Å². The van der Waals surface area contributed by atoms with Crippen molar-refractivity contribution in [2.45, 2.75) is 53.6 Å². The average molecular weight is 259 g/mol. The maximum atomic E-state index is 11.2. The second-order valence-corrected chi connectivity index (χ2v) is 4.39. The highest BCUT2D eigenvalue weighted by Gasteiger charge is 2.47. The van der Waals surface area contributed by atoms with Gasteiger partial charge in [-0.05, 0) is 12.8 Å². The molecule has 1 atom stereocenters. The molecule has 2 saturated heterocycles. The lowest BCUT2D eigenvalue weighted by molar-refractivity contribution is -0.128. The van der Waals surface area contributed by atoms with Crippen molar-refractivity contribution in [1.29, 1.82) is 0 Å². The number of hydrogen-bond acceptors (Lipinski definition) is 3. The molecule has 0 aromatic rings. The minimum absolute atomic E-state index is 0.0624. The summed E-state index contributed by atoms with van der Waals surface area (Å²) in [6, 6.07) is 0. The van der Waals surface area contributed by atoms with Crippen molar-refractivity contribution in [3.05, 3.63) is 0 Å². The van der Waals surface area contributed by atoms with Gasteiger partial charge in [0.05, 0.1) is 6.10 Å². The van der Waals surface area contributed by atoms with Gasteiger partial charge in [-0.25, -0.2) is 0 Å². The smallest absolute Gasteiger partial charge is 0.219 e. The minimum atomic E-state index is -0.365. The lowest BCUT2D eigenvalue weighted by Crippen LogP contribution is -2.39. The summed E-state index contributed by atoms with van der Waals surface area (Å²) in [6.45, 7) is 12.2. The highest BCUT2D eigenvalue weighted by Crippen LogP contribution is 2.39. The Morgan fingerprint density at radius 2 is 1.72 bits per heavy atom. The zero-order valence-electron chi connectivity index (χ0n) is 12.5. The van der Waals surface area contributed by atoms with E-state index < -0.39 is 0 Å². The third kappa shape index (κ3) is 3.95. The number of carbonyl (C=O) groups is 1. The van der Waals surface area contributed by atoms with Crippen LogP contribution in [0.15, 0.2) is 0 Å². The molecule has 0 aromatic carbocycles. The summed E-state index contributed by atoms with van der Waals surface area (Å²) in [6.07, 6.45) is 1.38. The summed E-state index contributed by atoms with van der Waals surface area (Å²) < 4.78 is 5.29. The van der Waals surface area contributed by atoms with E-state index in [-0.39, 0.29) is 17.4 Å². The van der Waals surface area contributed by atoms with Crippen LogP contribution in [0.4, 0.5) is 0 Å². The molecule has 0 saturated carbocycles. The van der Waals surface area contributed by atoms with Crippen molar-refractivity contribution in [1.82, 2.24) is 4.90 Å². The van der Waals surface area contributed by atoms with Crippen LogP contribution in [0.2, 0.25) is 0 Å². The predicted molar refractivity (Wildman–Crippen MR) is 73.4 cm³/mol. The van der Waals surface area contributed by atoms with Gasteiger partial charge in [0, 0.05) is 38.6 Å². The number of ether oxygens (including phenoxy) is 1. The molecule has 1 unspecified atom stereocenters. The SMILES string of the molecule is CC.CC.CC(=O)N1CC(O)C2(CCOCC2)C1. The van der Waals surface area contributed by atoms with E-state index in [4.69, 9.17) is 4.74 Å². The molecule has 0 radical (unpaired) electrons. The molecule has 2 aliphatic rings. The first-order valence-corrected chi connectivity index (χ1v) is 7.15. The highest BCUT2D eigenvalue weighted by atomic mass is 16.5. The van der Waals surface area contributed by atoms with E-state index in [1.807, 2.05) is 27.7 Å². The van der Waals surface area contributed by atoms with E-state index in [0.29, 0.717) is 26.3 Å². The Labute approximate surface area is 111 Å². The summed E-state index contributed by atoms with van der Waals surface area (Å²) in [5.74, 6) is 0.0624. The van der Waals surface area contributed by atoms with Crippen LogP contribution in [-0.2, 0) is 9.53 Å². The highest BCUT2D eigenvalue weighted by molar-refractivity contribution is 5.73. The van der Waals surface area contributed by atoms with Crippen molar-refractivity contribution in [3.8, 4) is 0 Å². The van der Waals surface area contributed by atoms with Gasteiger partial charge < -0.3 is 14.7 Å². The van der Waals surface area contributed by atoms with Gasteiger partial charge >= 0.3 is 0 Å². The van der Waals surface area contributed by atoms with Crippen molar-refractivity contribution in [3.63, 3.8) is 0 Å². The number of aliphatic hydroxyl groups excluding tert-OH is 1. The van der Waals surface area contributed by atoms with E-state index in [0.717, 1.165) is 12.8 Å². The fourth-order valence-electron chi connectivity index (χ4n) is 2.46. The summed E-state index contributed by atoms with van der Waals surface area (Å²) >= 11 is 0. The third-order valence-corrected chi connectivity index (χ3v) is 3.54. The lowest BCUT2D eigenvalue weighted by Gasteiger charge is -2.35. The number of carbonyl (C=O) groups excluding carboxylic acids is 1. The summed E-state index contributed by atoms with van der Waals surface area (Å²) in [5, 5.41) is 9.97. The van der Waals surface area contributed by atoms with Crippen LogP contribution in [0.25, 0.3) is 0 Å². The van der Waals surface area contributed by atoms with Crippen LogP contribution in [0.5, 0.6) is 0 Å². The largest absolute Gasteiger partial charge is 0.391 e. The standard InChI is InChI=1S/C10H17NO3.2C2H6/c1-8(12)11-6-9(13)10(7-11)2-4-14-5-3-10;2*1-2/h9,13H,2-7H2,1H3;2*1-2H3. The van der Waals surface area contributed by atoms with Crippen LogP contribution >= 0.6 is 0 Å². The molecule has 2 fully saturated rings. The maximum absolute atomic E-state index is 11.2. The van der Waals surface area contributed by atoms with E-state index >= 15 is 0 Å². The Balaban J connectivity index is 0.000000659. The van der Waals surface area contributed by atoms with Crippen molar-refractivity contribution in [2.75, 3.05) is 26.3 Å². The van der Waals surface area contributed by atoms with Gasteiger partial charge in [-0.15, -0.1) is 0 Å². The number of likely N-dealkylation sites (tertiary alicyclic amines) is 1. The number of rotatable bonds is 0. The first-order valence-electron chi connectivity index (χ1n) is 7.15. The fourth-order valence-corrected chi connectivity index (χ4v) is 2.46. The number of hydrogen-bond donors (Lipinski definition) is 1. The normalized spacial score (nSPS) is 24.8. The summed E-state index contributed by atoms with van der Waals surface area (Å²) in [4.78, 5) is 12.9. The maximum Gasteiger partial charge on any atom is 0.219 e. The molecule has 0 bridgehead atoms. The summed E-state index contributed by atoms with van der Waals surface area (Å²) in [7, 11) is 0. The molecule has 1 N–H and O–H groups in total. The fraction of sp³-hybridized carbons (Fsp3) is 0.929. The molecular weight excluding hydrogens is 230 g/mol. The Morgan fingerprint density at radius 3 is 2.11 bits per heavy atom. The molecule has 18 heavy (non-hydrogen) atoms. The zero-order chi connectivity index (χ0) is 14.2. The molecule has 2 aliphatic heterocycles. The Kier molecular flexibility index (Phi) is 8.20. The molecule has 2 rings (SSSR count). The monoisotopic (exact) mass is 259 g/mol. The Hall–Kier alpha value is -0.610. The zero-order valence-corrected chi connectivity index (χ0v) is 12.5. The second-order valence-electron chi connectivity index (χ2n) is 4.39. The summed E-state index contributed by atoms with van der Waals surface area (Å²) in [5.41, 5.74) is -0.0794. The van der Waals surface area contributed by atoms with Gasteiger partial charge in [0.1, 0.15) is 0 Å². The Morgan fingerprint density at radius 1 is 1.22 bits per heavy atom. The lowest BCUT2D eigenvalue weighted by atomic mass is 9.77. The molecule has 0 aromatic heterocycles. The molecule has 4 nitrogen and oxygen atoms in total. The van der Waals surface area contributed by atoms with Gasteiger partial charge in [-0.2, -0.15) is 0 Å². The minimum Gasteiger partial charge on any atom is -0.391 e. The van der Waals surface area contributed by atoms with E-state index in [2.05, 4.69) is 0 Å². The van der Waals surface area contributed by atoms with Crippen LogP contribution in [0.3, 0.4) is 0 Å². The number of nitrogens with zero attached hydrogens (tertiary/aromatic N) is 1. The molecule has 1 spiro atoms. The van der Waals surface area contributed by atoms with Gasteiger partial charge in [0.25, 0.3) is 0 Å². The first-order chi connectivity index (χ1) is 8.64. The van der Waals surface area contributed by atoms with E-state index in [1.165, 1.54) is 0 Å². The molecule has 4 heteroatoms. The molecule has 108 valence electrons. The number of amides is 1. The average Bonchev–Trinajstić information content (AvgIpc) is 2.73. The third-order valence-electron chi connectivity index (χ3n) is 3.54. The van der Waals surface area contributed by atoms with Gasteiger partial charge in [0.2, 0.25) is 5.91 Å². The predicted octanol–water partition coefficient (Wildman–Crippen LogP) is 2.06. The molecule has 1 amide bonds. The quantitative estimate of drug-likeness (QED) is 0.724. The van der Waals surface area contributed by atoms with Gasteiger partial charge in [0.15, 0.2) is 0 Å². The Bertz CT molecular complexity index is 237. The van der Waals surface area contributed by atoms with Crippen LogP contribution in [0.1, 0.15) is 47.5 Å². The molecular formula is C14H29NO3. The van der Waals surface area contributed by atoms with Crippen molar-refractivity contribution < 1.29 is 14.6 Å². The van der Waals surface area contributed by atoms with Crippen molar-refractivity contribution in [2.24, 2.45) is 5.41 Å². The first kappa shape index (κ1) is 17.4. The number of β-amino-alcohol motifs (C(OH)–C–C–N with tert-alkyl or cyclic N) is 1. The van der Waals surface area contributed by atoms with Gasteiger partial charge in [-0.1, -0.05) is 27.7 Å². The van der Waals surface area contributed by atoms with Crippen molar-refractivity contribution >= 4 is 5.91 Å². The van der Waals surface area contributed by atoms with Crippen LogP contribution < -0.4 is 0 Å². The van der Waals surface area contributed by atoms with E-state index in [9.17, 15) is 9.90 Å².